The van der Waals surface area contributed by atoms with Gasteiger partial charge in [-0.1, -0.05) is 0 Å². The molecule has 0 N–H and O–H groups in total. The van der Waals surface area contributed by atoms with Crippen molar-refractivity contribution in [2.24, 2.45) is 0 Å². The molecule has 170 valence electrons. The molecule has 2 amide bonds. The highest BCUT2D eigenvalue weighted by atomic mass is 19.1. The van der Waals surface area contributed by atoms with Crippen molar-refractivity contribution in [1.82, 2.24) is 14.7 Å². The van der Waals surface area contributed by atoms with Gasteiger partial charge in [-0.05, 0) is 48.5 Å². The predicted molar refractivity (Wildman–Crippen MR) is 117 cm³/mol. The normalized spacial score (nSPS) is 19.6. The topological polar surface area (TPSA) is 62.3 Å². The second kappa shape index (κ2) is 10.1. The molecule has 0 aromatic heterocycles. The zero-order valence-corrected chi connectivity index (χ0v) is 18.2. The Morgan fingerprint density at radius 3 is 2.12 bits per heavy atom. The molecule has 0 radical (unpaired) electrons. The van der Waals surface area contributed by atoms with Crippen molar-refractivity contribution in [3.8, 4) is 5.75 Å². The molecule has 32 heavy (non-hydrogen) atoms. The molecule has 2 aliphatic heterocycles. The number of carbonyl (C=O) groups excluding carboxylic acids is 2. The number of amides is 2. The first-order chi connectivity index (χ1) is 15.5. The lowest BCUT2D eigenvalue weighted by Gasteiger charge is -2.39. The van der Waals surface area contributed by atoms with E-state index < -0.39 is 0 Å². The minimum absolute atomic E-state index is 0.00401. The van der Waals surface area contributed by atoms with Gasteiger partial charge in [-0.2, -0.15) is 0 Å². The van der Waals surface area contributed by atoms with Gasteiger partial charge in [0.1, 0.15) is 11.6 Å². The number of rotatable bonds is 5. The van der Waals surface area contributed by atoms with E-state index in [1.54, 1.807) is 36.3 Å². The smallest absolute Gasteiger partial charge is 0.254 e. The van der Waals surface area contributed by atoms with E-state index in [0.717, 1.165) is 18.8 Å². The molecule has 2 heterocycles. The van der Waals surface area contributed by atoms with Crippen LogP contribution in [-0.4, -0.2) is 92.1 Å². The fourth-order valence-corrected chi connectivity index (χ4v) is 4.13. The van der Waals surface area contributed by atoms with Gasteiger partial charge in [-0.15, -0.1) is 0 Å². The number of morpholine rings is 1. The van der Waals surface area contributed by atoms with E-state index >= 15 is 0 Å². The van der Waals surface area contributed by atoms with E-state index in [2.05, 4.69) is 4.90 Å². The Kier molecular flexibility index (Phi) is 7.02. The number of benzene rings is 2. The minimum Gasteiger partial charge on any atom is -0.497 e. The summed E-state index contributed by atoms with van der Waals surface area (Å²) in [5, 5.41) is 0. The van der Waals surface area contributed by atoms with Gasteiger partial charge in [-0.3, -0.25) is 14.5 Å². The molecule has 4 rings (SSSR count). The molecular formula is C24H28FN3O4. The van der Waals surface area contributed by atoms with Crippen molar-refractivity contribution in [3.63, 3.8) is 0 Å². The van der Waals surface area contributed by atoms with Crippen molar-refractivity contribution >= 4 is 11.8 Å². The molecule has 0 spiro atoms. The Bertz CT molecular complexity index is 927. The summed E-state index contributed by atoms with van der Waals surface area (Å²) in [6.07, 6.45) is -0.0645. The lowest BCUT2D eigenvalue weighted by molar-refractivity contribution is -0.0399. The molecule has 0 saturated carbocycles. The van der Waals surface area contributed by atoms with Crippen LogP contribution in [0.3, 0.4) is 0 Å². The van der Waals surface area contributed by atoms with Crippen molar-refractivity contribution in [2.45, 2.75) is 6.10 Å². The van der Waals surface area contributed by atoms with Crippen LogP contribution in [0.4, 0.5) is 4.39 Å². The Hall–Kier alpha value is -2.97. The highest BCUT2D eigenvalue weighted by Crippen LogP contribution is 2.16. The molecule has 1 unspecified atom stereocenters. The van der Waals surface area contributed by atoms with Crippen molar-refractivity contribution in [2.75, 3.05) is 59.5 Å². The molecule has 2 aromatic carbocycles. The number of halogens is 1. The zero-order valence-electron chi connectivity index (χ0n) is 18.2. The highest BCUT2D eigenvalue weighted by molar-refractivity contribution is 5.94. The summed E-state index contributed by atoms with van der Waals surface area (Å²) in [5.41, 5.74) is 1.14. The summed E-state index contributed by atoms with van der Waals surface area (Å²) in [6, 6.07) is 12.8. The predicted octanol–water partition coefficient (Wildman–Crippen LogP) is 2.13. The number of ether oxygens (including phenoxy) is 2. The Labute approximate surface area is 187 Å². The summed E-state index contributed by atoms with van der Waals surface area (Å²) < 4.78 is 24.2. The van der Waals surface area contributed by atoms with Crippen LogP contribution in [0.1, 0.15) is 20.7 Å². The first-order valence-corrected chi connectivity index (χ1v) is 10.9. The van der Waals surface area contributed by atoms with Crippen LogP contribution >= 0.6 is 0 Å². The third kappa shape index (κ3) is 5.26. The molecule has 7 nitrogen and oxygen atoms in total. The summed E-state index contributed by atoms with van der Waals surface area (Å²) in [7, 11) is 1.60. The standard InChI is InChI=1S/C24H28FN3O4/c1-31-21-8-4-19(5-9-21)24(30)28-14-15-32-22(17-28)16-26-10-12-27(13-11-26)23(29)18-2-6-20(25)7-3-18/h2-9,22H,10-17H2,1H3. The van der Waals surface area contributed by atoms with Crippen molar-refractivity contribution < 1.29 is 23.5 Å². The van der Waals surface area contributed by atoms with Crippen LogP contribution < -0.4 is 4.74 Å². The monoisotopic (exact) mass is 441 g/mol. The first-order valence-electron chi connectivity index (χ1n) is 10.9. The van der Waals surface area contributed by atoms with Gasteiger partial charge < -0.3 is 19.3 Å². The fraction of sp³-hybridized carbons (Fsp3) is 0.417. The van der Waals surface area contributed by atoms with E-state index in [-0.39, 0.29) is 23.7 Å². The average molecular weight is 442 g/mol. The van der Waals surface area contributed by atoms with Crippen LogP contribution in [-0.2, 0) is 4.74 Å². The summed E-state index contributed by atoms with van der Waals surface area (Å²) in [6.45, 7) is 5.02. The van der Waals surface area contributed by atoms with Crippen LogP contribution in [0, 0.1) is 5.82 Å². The third-order valence-corrected chi connectivity index (χ3v) is 5.98. The van der Waals surface area contributed by atoms with E-state index in [9.17, 15) is 14.0 Å². The maximum Gasteiger partial charge on any atom is 0.254 e. The quantitative estimate of drug-likeness (QED) is 0.712. The van der Waals surface area contributed by atoms with Crippen LogP contribution in [0.15, 0.2) is 48.5 Å². The van der Waals surface area contributed by atoms with Crippen molar-refractivity contribution in [1.29, 1.82) is 0 Å². The van der Waals surface area contributed by atoms with Crippen LogP contribution in [0.5, 0.6) is 5.75 Å². The summed E-state index contributed by atoms with van der Waals surface area (Å²) in [4.78, 5) is 31.4. The molecule has 0 bridgehead atoms. The Morgan fingerprint density at radius 2 is 1.50 bits per heavy atom. The zero-order chi connectivity index (χ0) is 22.5. The summed E-state index contributed by atoms with van der Waals surface area (Å²) in [5.74, 6) is 0.294. The molecule has 2 aromatic rings. The first kappa shape index (κ1) is 22.2. The van der Waals surface area contributed by atoms with Crippen molar-refractivity contribution in [3.05, 3.63) is 65.5 Å². The van der Waals surface area contributed by atoms with Gasteiger partial charge in [0.25, 0.3) is 11.8 Å². The maximum absolute atomic E-state index is 13.1. The highest BCUT2D eigenvalue weighted by Gasteiger charge is 2.29. The molecular weight excluding hydrogens is 413 g/mol. The SMILES string of the molecule is COc1ccc(C(=O)N2CCOC(CN3CCN(C(=O)c4ccc(F)cc4)CC3)C2)cc1. The Balaban J connectivity index is 1.27. The van der Waals surface area contributed by atoms with Gasteiger partial charge in [0, 0.05) is 56.9 Å². The number of piperazine rings is 1. The molecule has 2 aliphatic rings. The van der Waals surface area contributed by atoms with Gasteiger partial charge in [-0.25, -0.2) is 4.39 Å². The second-order valence-electron chi connectivity index (χ2n) is 8.07. The third-order valence-electron chi connectivity index (χ3n) is 5.98. The van der Waals surface area contributed by atoms with Gasteiger partial charge in [0.05, 0.1) is 19.8 Å². The second-order valence-corrected chi connectivity index (χ2v) is 8.07. The largest absolute Gasteiger partial charge is 0.497 e. The minimum atomic E-state index is -0.349. The Morgan fingerprint density at radius 1 is 0.906 bits per heavy atom. The number of carbonyl (C=O) groups is 2. The van der Waals surface area contributed by atoms with Gasteiger partial charge >= 0.3 is 0 Å². The molecule has 2 fully saturated rings. The van der Waals surface area contributed by atoms with Crippen LogP contribution in [0.2, 0.25) is 0 Å². The average Bonchev–Trinajstić information content (AvgIpc) is 2.84. The van der Waals surface area contributed by atoms with E-state index in [0.29, 0.717) is 50.5 Å². The van der Waals surface area contributed by atoms with E-state index in [1.807, 2.05) is 4.90 Å². The molecule has 1 atom stereocenters. The van der Waals surface area contributed by atoms with E-state index in [4.69, 9.17) is 9.47 Å². The molecule has 8 heteroatoms. The number of hydrogen-bond acceptors (Lipinski definition) is 5. The number of nitrogens with zero attached hydrogens (tertiary/aromatic N) is 3. The van der Waals surface area contributed by atoms with Crippen LogP contribution in [0.25, 0.3) is 0 Å². The summed E-state index contributed by atoms with van der Waals surface area (Å²) >= 11 is 0. The molecule has 0 aliphatic carbocycles. The van der Waals surface area contributed by atoms with Gasteiger partial charge in [0.15, 0.2) is 0 Å². The van der Waals surface area contributed by atoms with E-state index in [1.165, 1.54) is 24.3 Å². The maximum atomic E-state index is 13.1. The fourth-order valence-electron chi connectivity index (χ4n) is 4.13. The number of hydrogen-bond donors (Lipinski definition) is 0. The lowest BCUT2D eigenvalue weighted by Crippen LogP contribution is -2.54. The lowest BCUT2D eigenvalue weighted by atomic mass is 10.1. The molecule has 2 saturated heterocycles. The van der Waals surface area contributed by atoms with Gasteiger partial charge in [0.2, 0.25) is 0 Å². The number of methoxy groups -OCH3 is 1.